The van der Waals surface area contributed by atoms with Crippen LogP contribution in [-0.4, -0.2) is 26.1 Å². The van der Waals surface area contributed by atoms with E-state index < -0.39 is 0 Å². The summed E-state index contributed by atoms with van der Waals surface area (Å²) in [5.41, 5.74) is 1.26. The molecule has 6 heteroatoms. The van der Waals surface area contributed by atoms with Crippen LogP contribution >= 0.6 is 11.8 Å². The summed E-state index contributed by atoms with van der Waals surface area (Å²) in [6, 6.07) is 5.12. The lowest BCUT2D eigenvalue weighted by atomic mass is 10.2. The first-order valence-electron chi connectivity index (χ1n) is 6.47. The third-order valence-electron chi connectivity index (χ3n) is 2.85. The van der Waals surface area contributed by atoms with Crippen molar-refractivity contribution in [3.8, 4) is 0 Å². The number of thioether (sulfide) groups is 1. The molecular weight excluding hydrogens is 274 g/mol. The fourth-order valence-corrected chi connectivity index (χ4v) is 2.66. The number of carbonyl (C=O) groups is 1. The molecule has 0 atom stereocenters. The van der Waals surface area contributed by atoms with Gasteiger partial charge in [0, 0.05) is 25.0 Å². The van der Waals surface area contributed by atoms with Gasteiger partial charge in [-0.15, -0.1) is 0 Å². The summed E-state index contributed by atoms with van der Waals surface area (Å²) >= 11 is 1.26. The molecular formula is C14H17N3O2S. The molecule has 0 saturated heterocycles. The fraction of sp³-hybridized carbons (Fsp3) is 0.357. The maximum absolute atomic E-state index is 12.0. The van der Waals surface area contributed by atoms with Gasteiger partial charge in [-0.3, -0.25) is 9.59 Å². The number of hydrogen-bond donors (Lipinski definition) is 1. The predicted molar refractivity (Wildman–Crippen MR) is 79.3 cm³/mol. The van der Waals surface area contributed by atoms with Crippen LogP contribution in [0, 0.1) is 0 Å². The third kappa shape index (κ3) is 3.60. The van der Waals surface area contributed by atoms with Crippen molar-refractivity contribution < 1.29 is 4.79 Å². The molecule has 0 aliphatic carbocycles. The quantitative estimate of drug-likeness (QED) is 0.502. The van der Waals surface area contributed by atoms with Crippen molar-refractivity contribution >= 4 is 17.5 Å². The molecule has 2 heterocycles. The van der Waals surface area contributed by atoms with Crippen LogP contribution in [0.15, 0.2) is 34.3 Å². The summed E-state index contributed by atoms with van der Waals surface area (Å²) in [5.74, 6) is 0.280. The number of aromatic amines is 1. The molecule has 2 aromatic heterocycles. The second-order valence-electron chi connectivity index (χ2n) is 4.51. The van der Waals surface area contributed by atoms with E-state index in [1.807, 2.05) is 26.2 Å². The minimum Gasteiger partial charge on any atom is -0.348 e. The van der Waals surface area contributed by atoms with Crippen molar-refractivity contribution in [2.24, 2.45) is 7.05 Å². The lowest BCUT2D eigenvalue weighted by molar-refractivity contribution is 0.101. The molecule has 0 unspecified atom stereocenters. The smallest absolute Gasteiger partial charge is 0.251 e. The monoisotopic (exact) mass is 291 g/mol. The number of rotatable bonds is 6. The van der Waals surface area contributed by atoms with Gasteiger partial charge < -0.3 is 9.55 Å². The molecule has 2 aromatic rings. The number of nitrogens with one attached hydrogen (secondary N) is 1. The first-order valence-corrected chi connectivity index (χ1v) is 7.46. The van der Waals surface area contributed by atoms with Crippen molar-refractivity contribution in [2.45, 2.75) is 24.9 Å². The van der Waals surface area contributed by atoms with Crippen molar-refractivity contribution in [3.05, 3.63) is 46.1 Å². The molecule has 1 N–H and O–H groups in total. The molecule has 5 nitrogen and oxygen atoms in total. The minimum atomic E-state index is -0.169. The van der Waals surface area contributed by atoms with Crippen LogP contribution in [0.5, 0.6) is 0 Å². The molecule has 2 rings (SSSR count). The van der Waals surface area contributed by atoms with E-state index in [2.05, 4.69) is 9.97 Å². The molecule has 0 aliphatic rings. The first-order chi connectivity index (χ1) is 9.60. The first kappa shape index (κ1) is 14.6. The number of hydrogen-bond acceptors (Lipinski definition) is 4. The Morgan fingerprint density at radius 3 is 2.95 bits per heavy atom. The van der Waals surface area contributed by atoms with E-state index >= 15 is 0 Å². The molecule has 0 spiro atoms. The van der Waals surface area contributed by atoms with Gasteiger partial charge in [0.05, 0.1) is 11.4 Å². The Bertz CT molecular complexity index is 660. The minimum absolute atomic E-state index is 0.0195. The van der Waals surface area contributed by atoms with Crippen LogP contribution in [0.1, 0.15) is 29.5 Å². The largest absolute Gasteiger partial charge is 0.348 e. The van der Waals surface area contributed by atoms with Crippen molar-refractivity contribution in [3.63, 3.8) is 0 Å². The molecule has 0 amide bonds. The average Bonchev–Trinajstić information content (AvgIpc) is 2.82. The maximum atomic E-state index is 12.0. The number of Topliss-reactive ketones (excluding diaryl/α,β-unsaturated/α-hetero) is 1. The SMILES string of the molecule is CCCc1cc(=O)[nH]c(SCC(=O)c2cccn2C)n1. The molecule has 0 radical (unpaired) electrons. The lowest BCUT2D eigenvalue weighted by Gasteiger charge is -2.04. The number of aromatic nitrogens is 3. The van der Waals surface area contributed by atoms with Crippen molar-refractivity contribution in [1.82, 2.24) is 14.5 Å². The van der Waals surface area contributed by atoms with Crippen LogP contribution in [0.3, 0.4) is 0 Å². The van der Waals surface area contributed by atoms with Crippen molar-refractivity contribution in [2.75, 3.05) is 5.75 Å². The highest BCUT2D eigenvalue weighted by molar-refractivity contribution is 7.99. The van der Waals surface area contributed by atoms with Gasteiger partial charge in [0.1, 0.15) is 0 Å². The highest BCUT2D eigenvalue weighted by Crippen LogP contribution is 2.14. The average molecular weight is 291 g/mol. The second-order valence-corrected chi connectivity index (χ2v) is 5.47. The Balaban J connectivity index is 2.05. The lowest BCUT2D eigenvalue weighted by Crippen LogP contribution is -2.12. The second kappa shape index (κ2) is 6.56. The molecule has 106 valence electrons. The zero-order valence-corrected chi connectivity index (χ0v) is 12.4. The number of H-pyrrole nitrogens is 1. The van der Waals surface area contributed by atoms with Gasteiger partial charge in [-0.1, -0.05) is 25.1 Å². The molecule has 0 fully saturated rings. The van der Waals surface area contributed by atoms with Crippen LogP contribution in [0.25, 0.3) is 0 Å². The molecule has 0 aromatic carbocycles. The summed E-state index contributed by atoms with van der Waals surface area (Å²) in [6.07, 6.45) is 3.53. The number of ketones is 1. The maximum Gasteiger partial charge on any atom is 0.251 e. The van der Waals surface area contributed by atoms with Crippen LogP contribution in [0.2, 0.25) is 0 Å². The van der Waals surface area contributed by atoms with Gasteiger partial charge in [0.2, 0.25) is 0 Å². The Kier molecular flexibility index (Phi) is 4.79. The summed E-state index contributed by atoms with van der Waals surface area (Å²) in [6.45, 7) is 2.04. The highest BCUT2D eigenvalue weighted by Gasteiger charge is 2.11. The van der Waals surface area contributed by atoms with E-state index in [9.17, 15) is 9.59 Å². The van der Waals surface area contributed by atoms with E-state index in [0.717, 1.165) is 18.5 Å². The van der Waals surface area contributed by atoms with Gasteiger partial charge in [0.15, 0.2) is 10.9 Å². The Labute approximate surface area is 121 Å². The van der Waals surface area contributed by atoms with Gasteiger partial charge in [-0.05, 0) is 18.6 Å². The number of aryl methyl sites for hydroxylation is 2. The molecule has 20 heavy (non-hydrogen) atoms. The van der Waals surface area contributed by atoms with E-state index in [-0.39, 0.29) is 17.1 Å². The number of carbonyl (C=O) groups excluding carboxylic acids is 1. The van der Waals surface area contributed by atoms with Crippen LogP contribution in [0.4, 0.5) is 0 Å². The molecule has 0 bridgehead atoms. The van der Waals surface area contributed by atoms with Gasteiger partial charge in [-0.25, -0.2) is 4.98 Å². The summed E-state index contributed by atoms with van der Waals surface area (Å²) in [4.78, 5) is 30.6. The predicted octanol–water partition coefficient (Wildman–Crippen LogP) is 2.04. The van der Waals surface area contributed by atoms with Crippen LogP contribution < -0.4 is 5.56 Å². The zero-order valence-electron chi connectivity index (χ0n) is 11.5. The fourth-order valence-electron chi connectivity index (χ4n) is 1.89. The topological polar surface area (TPSA) is 67.8 Å². The van der Waals surface area contributed by atoms with Crippen LogP contribution in [-0.2, 0) is 13.5 Å². The van der Waals surface area contributed by atoms with Crippen molar-refractivity contribution in [1.29, 1.82) is 0 Å². The standard InChI is InChI=1S/C14H17N3O2S/c1-3-5-10-8-13(19)16-14(15-10)20-9-12(18)11-6-4-7-17(11)2/h4,6-8H,3,5,9H2,1-2H3,(H,15,16,19). The summed E-state index contributed by atoms with van der Waals surface area (Å²) in [7, 11) is 1.83. The summed E-state index contributed by atoms with van der Waals surface area (Å²) < 4.78 is 1.78. The van der Waals surface area contributed by atoms with Gasteiger partial charge >= 0.3 is 0 Å². The van der Waals surface area contributed by atoms with E-state index in [1.165, 1.54) is 17.8 Å². The Morgan fingerprint density at radius 2 is 2.30 bits per heavy atom. The third-order valence-corrected chi connectivity index (χ3v) is 3.72. The Morgan fingerprint density at radius 1 is 1.50 bits per heavy atom. The van der Waals surface area contributed by atoms with E-state index in [0.29, 0.717) is 10.9 Å². The van der Waals surface area contributed by atoms with Gasteiger partial charge in [-0.2, -0.15) is 0 Å². The highest BCUT2D eigenvalue weighted by atomic mass is 32.2. The Hall–Kier alpha value is -1.82. The normalized spacial score (nSPS) is 10.7. The number of nitrogens with zero attached hydrogens (tertiary/aromatic N) is 2. The van der Waals surface area contributed by atoms with E-state index in [1.54, 1.807) is 10.6 Å². The molecule has 0 aliphatic heterocycles. The molecule has 0 saturated carbocycles. The summed E-state index contributed by atoms with van der Waals surface area (Å²) in [5, 5.41) is 0.503. The van der Waals surface area contributed by atoms with E-state index in [4.69, 9.17) is 0 Å². The van der Waals surface area contributed by atoms with Gasteiger partial charge in [0.25, 0.3) is 5.56 Å². The zero-order chi connectivity index (χ0) is 14.5.